The Labute approximate surface area is 135 Å². The Morgan fingerprint density at radius 2 is 2.09 bits per heavy atom. The lowest BCUT2D eigenvalue weighted by atomic mass is 10.2. The van der Waals surface area contributed by atoms with Gasteiger partial charge in [0.15, 0.2) is 0 Å². The largest absolute Gasteiger partial charge is 0.497 e. The number of hydrogen-bond acceptors (Lipinski definition) is 5. The van der Waals surface area contributed by atoms with E-state index in [9.17, 15) is 4.79 Å². The predicted octanol–water partition coefficient (Wildman–Crippen LogP) is 3.99. The molecule has 2 rings (SSSR count). The van der Waals surface area contributed by atoms with Crippen molar-refractivity contribution in [2.45, 2.75) is 37.3 Å². The fourth-order valence-electron chi connectivity index (χ4n) is 2.21. The van der Waals surface area contributed by atoms with Gasteiger partial charge in [0.2, 0.25) is 0 Å². The molecule has 0 aliphatic heterocycles. The molecule has 0 aliphatic rings. The monoisotopic (exact) mass is 319 g/mol. The van der Waals surface area contributed by atoms with Crippen LogP contribution in [0.15, 0.2) is 29.2 Å². The maximum atomic E-state index is 12.0. The summed E-state index contributed by atoms with van der Waals surface area (Å²) in [5.41, 5.74) is 1.83. The summed E-state index contributed by atoms with van der Waals surface area (Å²) in [5.74, 6) is 0.615. The number of rotatable bonds is 6. The minimum Gasteiger partial charge on any atom is -0.497 e. The molecule has 0 aliphatic carbocycles. The Kier molecular flexibility index (Phi) is 5.66. The summed E-state index contributed by atoms with van der Waals surface area (Å²) in [6.07, 6.45) is 0.719. The maximum absolute atomic E-state index is 12.0. The van der Waals surface area contributed by atoms with E-state index < -0.39 is 0 Å². The van der Waals surface area contributed by atoms with E-state index in [0.29, 0.717) is 6.61 Å². The number of pyridine rings is 1. The molecule has 0 amide bonds. The Balaban J connectivity index is 2.42. The summed E-state index contributed by atoms with van der Waals surface area (Å²) in [4.78, 5) is 17.6. The zero-order valence-corrected chi connectivity index (χ0v) is 14.2. The molecule has 0 saturated heterocycles. The van der Waals surface area contributed by atoms with Crippen molar-refractivity contribution in [3.8, 4) is 5.75 Å². The van der Waals surface area contributed by atoms with Gasteiger partial charge in [-0.3, -0.25) is 9.78 Å². The molecule has 0 fully saturated rings. The second kappa shape index (κ2) is 7.49. The fourth-order valence-corrected chi connectivity index (χ4v) is 3.38. The van der Waals surface area contributed by atoms with E-state index in [4.69, 9.17) is 9.47 Å². The van der Waals surface area contributed by atoms with E-state index in [1.165, 1.54) is 11.8 Å². The maximum Gasteiger partial charge on any atom is 0.319 e. The van der Waals surface area contributed by atoms with E-state index >= 15 is 0 Å². The molecular formula is C17H21NO3S. The van der Waals surface area contributed by atoms with E-state index in [1.807, 2.05) is 45.0 Å². The van der Waals surface area contributed by atoms with Crippen molar-refractivity contribution in [3.63, 3.8) is 0 Å². The number of carbonyl (C=O) groups is 1. The molecule has 0 radical (unpaired) electrons. The van der Waals surface area contributed by atoms with Crippen LogP contribution in [0.4, 0.5) is 0 Å². The SMILES string of the molecule is CCOC(=O)[C@@H](CC)Sc1cc(C)nc2ccc(OC)cc12. The molecule has 1 aromatic carbocycles. The minimum atomic E-state index is -0.212. The normalized spacial score (nSPS) is 12.2. The number of nitrogens with zero attached hydrogens (tertiary/aromatic N) is 1. The van der Waals surface area contributed by atoms with Crippen molar-refractivity contribution in [3.05, 3.63) is 30.0 Å². The molecule has 1 aromatic heterocycles. The third-order valence-corrected chi connectivity index (χ3v) is 4.70. The quantitative estimate of drug-likeness (QED) is 0.595. The molecule has 0 saturated carbocycles. The highest BCUT2D eigenvalue weighted by molar-refractivity contribution is 8.00. The second-order valence-corrected chi connectivity index (χ2v) is 6.16. The van der Waals surface area contributed by atoms with Crippen LogP contribution in [-0.2, 0) is 9.53 Å². The molecule has 118 valence electrons. The molecule has 0 spiro atoms. The van der Waals surface area contributed by atoms with Crippen molar-refractivity contribution in [2.24, 2.45) is 0 Å². The summed E-state index contributed by atoms with van der Waals surface area (Å²) in [6, 6.07) is 7.80. The van der Waals surface area contributed by atoms with Crippen LogP contribution < -0.4 is 4.74 Å². The Morgan fingerprint density at radius 1 is 1.32 bits per heavy atom. The Morgan fingerprint density at radius 3 is 2.73 bits per heavy atom. The van der Waals surface area contributed by atoms with Gasteiger partial charge in [0.25, 0.3) is 0 Å². The van der Waals surface area contributed by atoms with Crippen LogP contribution in [-0.4, -0.2) is 29.9 Å². The van der Waals surface area contributed by atoms with Crippen molar-refractivity contribution in [1.82, 2.24) is 4.98 Å². The molecule has 0 N–H and O–H groups in total. The van der Waals surface area contributed by atoms with Crippen LogP contribution in [0.1, 0.15) is 26.0 Å². The average Bonchev–Trinajstić information content (AvgIpc) is 2.52. The number of hydrogen-bond donors (Lipinski definition) is 0. The van der Waals surface area contributed by atoms with Gasteiger partial charge < -0.3 is 9.47 Å². The first-order valence-corrected chi connectivity index (χ1v) is 8.25. The Hall–Kier alpha value is -1.75. The van der Waals surface area contributed by atoms with Crippen molar-refractivity contribution in [2.75, 3.05) is 13.7 Å². The third-order valence-electron chi connectivity index (χ3n) is 3.30. The van der Waals surface area contributed by atoms with Crippen molar-refractivity contribution < 1.29 is 14.3 Å². The highest BCUT2D eigenvalue weighted by atomic mass is 32.2. The van der Waals surface area contributed by atoms with E-state index in [2.05, 4.69) is 4.98 Å². The van der Waals surface area contributed by atoms with E-state index in [-0.39, 0.29) is 11.2 Å². The van der Waals surface area contributed by atoms with Gasteiger partial charge in [0, 0.05) is 16.0 Å². The molecule has 1 heterocycles. The zero-order valence-electron chi connectivity index (χ0n) is 13.4. The van der Waals surface area contributed by atoms with Crippen LogP contribution in [0.5, 0.6) is 5.75 Å². The lowest BCUT2D eigenvalue weighted by Crippen LogP contribution is -2.19. The highest BCUT2D eigenvalue weighted by Gasteiger charge is 2.20. The van der Waals surface area contributed by atoms with Gasteiger partial charge in [0.1, 0.15) is 11.0 Å². The predicted molar refractivity (Wildman–Crippen MR) is 89.6 cm³/mol. The number of carbonyl (C=O) groups excluding carboxylic acids is 1. The first-order valence-electron chi connectivity index (χ1n) is 7.37. The molecule has 2 aromatic rings. The molecular weight excluding hydrogens is 298 g/mol. The molecule has 0 bridgehead atoms. The van der Waals surface area contributed by atoms with Crippen LogP contribution >= 0.6 is 11.8 Å². The summed E-state index contributed by atoms with van der Waals surface area (Å²) < 4.78 is 10.5. The smallest absolute Gasteiger partial charge is 0.319 e. The van der Waals surface area contributed by atoms with E-state index in [1.54, 1.807) is 7.11 Å². The zero-order chi connectivity index (χ0) is 16.1. The Bertz CT molecular complexity index is 672. The van der Waals surface area contributed by atoms with Gasteiger partial charge in [0.05, 0.1) is 19.2 Å². The lowest BCUT2D eigenvalue weighted by Gasteiger charge is -2.15. The number of aryl methyl sites for hydroxylation is 1. The number of thioether (sulfide) groups is 1. The number of methoxy groups -OCH3 is 1. The summed E-state index contributed by atoms with van der Waals surface area (Å²) in [7, 11) is 1.64. The first-order chi connectivity index (χ1) is 10.6. The summed E-state index contributed by atoms with van der Waals surface area (Å²) >= 11 is 1.53. The van der Waals surface area contributed by atoms with Gasteiger partial charge in [-0.2, -0.15) is 0 Å². The fraction of sp³-hybridized carbons (Fsp3) is 0.412. The van der Waals surface area contributed by atoms with Crippen LogP contribution in [0.3, 0.4) is 0 Å². The molecule has 1 atom stereocenters. The molecule has 22 heavy (non-hydrogen) atoms. The molecule has 0 unspecified atom stereocenters. The number of aromatic nitrogens is 1. The minimum absolute atomic E-state index is 0.166. The van der Waals surface area contributed by atoms with Gasteiger partial charge in [-0.1, -0.05) is 6.92 Å². The number of fused-ring (bicyclic) bond motifs is 1. The second-order valence-electron chi connectivity index (χ2n) is 4.91. The topological polar surface area (TPSA) is 48.4 Å². The molecule has 5 heteroatoms. The van der Waals surface area contributed by atoms with Crippen LogP contribution in [0, 0.1) is 6.92 Å². The van der Waals surface area contributed by atoms with Gasteiger partial charge in [-0.25, -0.2) is 0 Å². The first kappa shape index (κ1) is 16.6. The third kappa shape index (κ3) is 3.71. The standard InChI is InChI=1S/C17H21NO3S/c1-5-15(17(19)21-6-2)22-16-9-11(3)18-14-8-7-12(20-4)10-13(14)16/h7-10,15H,5-6H2,1-4H3/t15-/m1/s1. The number of benzene rings is 1. The summed E-state index contributed by atoms with van der Waals surface area (Å²) in [5, 5.41) is 0.786. The van der Waals surface area contributed by atoms with Crippen LogP contribution in [0.2, 0.25) is 0 Å². The number of esters is 1. The van der Waals surface area contributed by atoms with Gasteiger partial charge >= 0.3 is 5.97 Å². The van der Waals surface area contributed by atoms with Gasteiger partial charge in [-0.15, -0.1) is 11.8 Å². The van der Waals surface area contributed by atoms with E-state index in [0.717, 1.165) is 33.7 Å². The van der Waals surface area contributed by atoms with Crippen molar-refractivity contribution in [1.29, 1.82) is 0 Å². The lowest BCUT2D eigenvalue weighted by molar-refractivity contribution is -0.142. The van der Waals surface area contributed by atoms with Crippen LogP contribution in [0.25, 0.3) is 10.9 Å². The van der Waals surface area contributed by atoms with Gasteiger partial charge in [-0.05, 0) is 44.5 Å². The summed E-state index contributed by atoms with van der Waals surface area (Å²) in [6.45, 7) is 6.18. The number of ether oxygens (including phenoxy) is 2. The average molecular weight is 319 g/mol. The highest BCUT2D eigenvalue weighted by Crippen LogP contribution is 2.34. The van der Waals surface area contributed by atoms with Crippen molar-refractivity contribution >= 4 is 28.6 Å². The molecule has 4 nitrogen and oxygen atoms in total.